The third-order valence-corrected chi connectivity index (χ3v) is 4.28. The lowest BCUT2D eigenvalue weighted by atomic mass is 9.81. The highest BCUT2D eigenvalue weighted by Crippen LogP contribution is 2.30. The van der Waals surface area contributed by atoms with Crippen molar-refractivity contribution < 1.29 is 0 Å². The molecule has 0 aliphatic heterocycles. The highest BCUT2D eigenvalue weighted by Gasteiger charge is 2.17. The van der Waals surface area contributed by atoms with Crippen molar-refractivity contribution in [1.82, 2.24) is 4.98 Å². The lowest BCUT2D eigenvalue weighted by Gasteiger charge is -2.26. The Morgan fingerprint density at radius 1 is 1.37 bits per heavy atom. The summed E-state index contributed by atoms with van der Waals surface area (Å²) < 4.78 is 0. The van der Waals surface area contributed by atoms with Crippen LogP contribution in [0.5, 0.6) is 0 Å². The Labute approximate surface area is 121 Å². The van der Waals surface area contributed by atoms with Crippen molar-refractivity contribution in [2.45, 2.75) is 39.0 Å². The summed E-state index contributed by atoms with van der Waals surface area (Å²) in [6.07, 6.45) is 8.53. The predicted molar refractivity (Wildman–Crippen MR) is 84.4 cm³/mol. The Morgan fingerprint density at radius 2 is 2.11 bits per heavy atom. The molecule has 0 bridgehead atoms. The van der Waals surface area contributed by atoms with E-state index in [2.05, 4.69) is 17.2 Å². The molecule has 0 unspecified atom stereocenters. The maximum Gasteiger partial charge on any atom is 0.125 e. The highest BCUT2D eigenvalue weighted by atomic mass is 32.1. The maximum atomic E-state index is 5.54. The number of pyridine rings is 1. The third-order valence-electron chi connectivity index (χ3n) is 4.04. The van der Waals surface area contributed by atoms with Crippen LogP contribution in [0.4, 0.5) is 5.82 Å². The normalized spacial score (nSPS) is 23.0. The minimum absolute atomic E-state index is 0.398. The average Bonchev–Trinajstić information content (AvgIpc) is 2.41. The molecule has 19 heavy (non-hydrogen) atoms. The molecular formula is C15H23N3S. The molecule has 1 heterocycles. The van der Waals surface area contributed by atoms with Crippen molar-refractivity contribution in [1.29, 1.82) is 0 Å². The van der Waals surface area contributed by atoms with E-state index in [-0.39, 0.29) is 0 Å². The van der Waals surface area contributed by atoms with Crippen molar-refractivity contribution in [3.05, 3.63) is 23.9 Å². The van der Waals surface area contributed by atoms with Gasteiger partial charge in [0, 0.05) is 18.3 Å². The van der Waals surface area contributed by atoms with Crippen molar-refractivity contribution in [3.8, 4) is 0 Å². The number of nitrogens with zero attached hydrogens (tertiary/aromatic N) is 1. The summed E-state index contributed by atoms with van der Waals surface area (Å²) in [5.41, 5.74) is 6.36. The summed E-state index contributed by atoms with van der Waals surface area (Å²) in [4.78, 5) is 4.71. The van der Waals surface area contributed by atoms with Crippen LogP contribution in [-0.4, -0.2) is 16.5 Å². The molecule has 0 radical (unpaired) electrons. The number of hydrogen-bond acceptors (Lipinski definition) is 3. The number of aromatic nitrogens is 1. The monoisotopic (exact) mass is 277 g/mol. The first-order chi connectivity index (χ1) is 9.15. The molecule has 4 heteroatoms. The van der Waals surface area contributed by atoms with Gasteiger partial charge in [0.2, 0.25) is 0 Å². The molecule has 2 rings (SSSR count). The summed E-state index contributed by atoms with van der Waals surface area (Å²) in [5, 5.41) is 3.37. The molecule has 0 spiro atoms. The Kier molecular flexibility index (Phi) is 5.14. The molecule has 3 nitrogen and oxygen atoms in total. The quantitative estimate of drug-likeness (QED) is 0.810. The fourth-order valence-electron chi connectivity index (χ4n) is 2.67. The van der Waals surface area contributed by atoms with Gasteiger partial charge in [0.05, 0.1) is 0 Å². The lowest BCUT2D eigenvalue weighted by Crippen LogP contribution is -2.16. The Balaban J connectivity index is 1.72. The average molecular weight is 277 g/mol. The van der Waals surface area contributed by atoms with Crippen molar-refractivity contribution in [2.75, 3.05) is 11.9 Å². The van der Waals surface area contributed by atoms with E-state index in [4.69, 9.17) is 18.0 Å². The van der Waals surface area contributed by atoms with Crippen LogP contribution >= 0.6 is 12.2 Å². The van der Waals surface area contributed by atoms with Crippen molar-refractivity contribution >= 4 is 23.0 Å². The topological polar surface area (TPSA) is 50.9 Å². The van der Waals surface area contributed by atoms with Crippen LogP contribution in [0.2, 0.25) is 0 Å². The van der Waals surface area contributed by atoms with Crippen LogP contribution in [0.3, 0.4) is 0 Å². The van der Waals surface area contributed by atoms with Crippen molar-refractivity contribution in [3.63, 3.8) is 0 Å². The van der Waals surface area contributed by atoms with Crippen LogP contribution in [0.15, 0.2) is 18.3 Å². The molecule has 1 aliphatic carbocycles. The number of rotatable bonds is 5. The van der Waals surface area contributed by atoms with Gasteiger partial charge in [-0.15, -0.1) is 0 Å². The van der Waals surface area contributed by atoms with Crippen LogP contribution < -0.4 is 11.1 Å². The largest absolute Gasteiger partial charge is 0.389 e. The predicted octanol–water partition coefficient (Wildman–Crippen LogP) is 3.34. The Hall–Kier alpha value is -1.16. The van der Waals surface area contributed by atoms with E-state index in [1.807, 2.05) is 12.1 Å². The molecule has 1 saturated carbocycles. The molecule has 1 aliphatic rings. The van der Waals surface area contributed by atoms with Gasteiger partial charge in [0.1, 0.15) is 10.8 Å². The van der Waals surface area contributed by atoms with E-state index in [1.54, 1.807) is 6.20 Å². The van der Waals surface area contributed by atoms with Gasteiger partial charge in [0.15, 0.2) is 0 Å². The fraction of sp³-hybridized carbons (Fsp3) is 0.600. The SMILES string of the molecule is CC1CCC(CCNc2ccc(C(N)=S)cn2)CC1. The Bertz CT molecular complexity index is 408. The summed E-state index contributed by atoms with van der Waals surface area (Å²) in [7, 11) is 0. The van der Waals surface area contributed by atoms with Crippen LogP contribution in [0, 0.1) is 11.8 Å². The molecule has 0 amide bonds. The first kappa shape index (κ1) is 14.3. The van der Waals surface area contributed by atoms with Crippen molar-refractivity contribution in [2.24, 2.45) is 17.6 Å². The minimum atomic E-state index is 0.398. The van der Waals surface area contributed by atoms with Gasteiger partial charge in [-0.3, -0.25) is 0 Å². The zero-order chi connectivity index (χ0) is 13.7. The van der Waals surface area contributed by atoms with Gasteiger partial charge in [-0.1, -0.05) is 44.8 Å². The van der Waals surface area contributed by atoms with Gasteiger partial charge < -0.3 is 11.1 Å². The number of nitrogens with one attached hydrogen (secondary N) is 1. The van der Waals surface area contributed by atoms with Gasteiger partial charge in [0.25, 0.3) is 0 Å². The zero-order valence-electron chi connectivity index (χ0n) is 11.6. The molecular weight excluding hydrogens is 254 g/mol. The molecule has 0 atom stereocenters. The van der Waals surface area contributed by atoms with Gasteiger partial charge >= 0.3 is 0 Å². The smallest absolute Gasteiger partial charge is 0.125 e. The lowest BCUT2D eigenvalue weighted by molar-refractivity contribution is 0.282. The number of thiocarbonyl (C=S) groups is 1. The first-order valence-corrected chi connectivity index (χ1v) is 7.55. The number of anilines is 1. The molecule has 1 aromatic rings. The van der Waals surface area contributed by atoms with Gasteiger partial charge in [-0.25, -0.2) is 4.98 Å². The van der Waals surface area contributed by atoms with Crippen LogP contribution in [0.25, 0.3) is 0 Å². The molecule has 1 aromatic heterocycles. The van der Waals surface area contributed by atoms with E-state index in [1.165, 1.54) is 32.1 Å². The second-order valence-corrected chi connectivity index (χ2v) is 6.08. The number of hydrogen-bond donors (Lipinski definition) is 2. The summed E-state index contributed by atoms with van der Waals surface area (Å²) in [6, 6.07) is 3.86. The second kappa shape index (κ2) is 6.85. The summed E-state index contributed by atoms with van der Waals surface area (Å²) in [5.74, 6) is 2.72. The highest BCUT2D eigenvalue weighted by molar-refractivity contribution is 7.80. The molecule has 0 aromatic carbocycles. The standard InChI is InChI=1S/C15H23N3S/c1-11-2-4-12(5-3-11)8-9-17-14-7-6-13(10-18-14)15(16)19/h6-7,10-12H,2-5,8-9H2,1H3,(H2,16,19)(H,17,18). The fourth-order valence-corrected chi connectivity index (χ4v) is 2.79. The molecule has 3 N–H and O–H groups in total. The summed E-state index contributed by atoms with van der Waals surface area (Å²) in [6.45, 7) is 3.36. The molecule has 104 valence electrons. The molecule has 0 saturated heterocycles. The number of nitrogens with two attached hydrogens (primary N) is 1. The maximum absolute atomic E-state index is 5.54. The third kappa shape index (κ3) is 4.46. The van der Waals surface area contributed by atoms with E-state index < -0.39 is 0 Å². The van der Waals surface area contributed by atoms with Gasteiger partial charge in [-0.2, -0.15) is 0 Å². The van der Waals surface area contributed by atoms with Crippen LogP contribution in [0.1, 0.15) is 44.6 Å². The Morgan fingerprint density at radius 3 is 2.68 bits per heavy atom. The van der Waals surface area contributed by atoms with E-state index in [0.717, 1.165) is 29.8 Å². The van der Waals surface area contributed by atoms with E-state index >= 15 is 0 Å². The van der Waals surface area contributed by atoms with E-state index in [0.29, 0.717) is 4.99 Å². The summed E-state index contributed by atoms with van der Waals surface area (Å²) >= 11 is 4.91. The zero-order valence-corrected chi connectivity index (χ0v) is 12.4. The minimum Gasteiger partial charge on any atom is -0.389 e. The first-order valence-electron chi connectivity index (χ1n) is 7.15. The van der Waals surface area contributed by atoms with Gasteiger partial charge in [-0.05, 0) is 30.4 Å². The molecule has 1 fully saturated rings. The van der Waals surface area contributed by atoms with E-state index in [9.17, 15) is 0 Å². The van der Waals surface area contributed by atoms with Crippen LogP contribution in [-0.2, 0) is 0 Å². The second-order valence-electron chi connectivity index (χ2n) is 5.64.